The number of nitrogens with one attached hydrogen (secondary N) is 6. The van der Waals surface area contributed by atoms with Crippen LogP contribution in [0.15, 0.2) is 121 Å². The minimum absolute atomic E-state index is 0.0158. The summed E-state index contributed by atoms with van der Waals surface area (Å²) in [7, 11) is 6.95. The molecule has 2 saturated heterocycles. The molecule has 0 aromatic heterocycles. The van der Waals surface area contributed by atoms with E-state index in [2.05, 4.69) is 31.9 Å². The number of benzene rings is 4. The Bertz CT molecular complexity index is 3480. The maximum absolute atomic E-state index is 15.4. The molecule has 0 bridgehead atoms. The number of nitrogens with zero attached hydrogens (tertiary/aromatic N) is 6. The van der Waals surface area contributed by atoms with Crippen molar-refractivity contribution in [3.05, 3.63) is 144 Å². The molecule has 12 amide bonds. The molecule has 554 valence electrons. The Kier molecular flexibility index (Phi) is 31.2. The summed E-state index contributed by atoms with van der Waals surface area (Å²) in [5.74, 6) is -9.80. The number of rotatable bonds is 16. The lowest BCUT2D eigenvalue weighted by Gasteiger charge is -2.37. The Labute approximate surface area is 601 Å². The molecule has 0 unspecified atom stereocenters. The van der Waals surface area contributed by atoms with Crippen LogP contribution in [0.25, 0.3) is 0 Å². The number of likely N-dealkylation sites (tertiary alicyclic amines) is 1. The number of aliphatic hydroxyl groups excluding tert-OH is 1. The largest absolute Gasteiger partial charge is 0.391 e. The van der Waals surface area contributed by atoms with Gasteiger partial charge in [-0.15, -0.1) is 0 Å². The van der Waals surface area contributed by atoms with Gasteiger partial charge in [-0.3, -0.25) is 57.5 Å². The van der Waals surface area contributed by atoms with Gasteiger partial charge in [0.15, 0.2) is 0 Å². The smallest absolute Gasteiger partial charge is 0.248 e. The summed E-state index contributed by atoms with van der Waals surface area (Å²) < 4.78 is 0. The van der Waals surface area contributed by atoms with Gasteiger partial charge in [0.2, 0.25) is 70.9 Å². The van der Waals surface area contributed by atoms with Crippen LogP contribution in [0.5, 0.6) is 0 Å². The molecule has 25 nitrogen and oxygen atoms in total. The van der Waals surface area contributed by atoms with E-state index in [9.17, 15) is 38.7 Å². The number of likely N-dealkylation sites (N-methyl/N-ethyl adjacent to an activating group) is 5. The van der Waals surface area contributed by atoms with Crippen molar-refractivity contribution in [1.29, 1.82) is 0 Å². The lowest BCUT2D eigenvalue weighted by atomic mass is 9.97. The van der Waals surface area contributed by atoms with Gasteiger partial charge >= 0.3 is 0 Å². The van der Waals surface area contributed by atoms with Crippen molar-refractivity contribution in [2.75, 3.05) is 54.9 Å². The summed E-state index contributed by atoms with van der Waals surface area (Å²) in [5, 5.41) is 28.1. The van der Waals surface area contributed by atoms with Gasteiger partial charge in [-0.1, -0.05) is 163 Å². The van der Waals surface area contributed by atoms with Gasteiger partial charge in [0.1, 0.15) is 60.4 Å². The summed E-state index contributed by atoms with van der Waals surface area (Å²) in [4.78, 5) is 187. The number of carbonyl (C=O) groups excluding carboxylic acids is 12. The summed E-state index contributed by atoms with van der Waals surface area (Å²) in [5.41, 5.74) is 2.53. The molecule has 4 aromatic carbocycles. The predicted molar refractivity (Wildman–Crippen MR) is 387 cm³/mol. The van der Waals surface area contributed by atoms with Gasteiger partial charge in [0.05, 0.1) is 19.1 Å². The molecule has 2 heterocycles. The van der Waals surface area contributed by atoms with Crippen LogP contribution in [-0.4, -0.2) is 227 Å². The quantitative estimate of drug-likeness (QED) is 0.0845. The Morgan fingerprint density at radius 3 is 1.30 bits per heavy atom. The lowest BCUT2D eigenvalue weighted by Crippen LogP contribution is -2.62. The van der Waals surface area contributed by atoms with Crippen LogP contribution in [0.1, 0.15) is 123 Å². The van der Waals surface area contributed by atoms with E-state index >= 15 is 24.0 Å². The zero-order valence-electron chi connectivity index (χ0n) is 61.6. The van der Waals surface area contributed by atoms with Crippen LogP contribution in [-0.2, 0) is 83.2 Å². The number of hydrogen-bond acceptors (Lipinski definition) is 13. The fourth-order valence-corrected chi connectivity index (χ4v) is 12.9. The summed E-state index contributed by atoms with van der Waals surface area (Å²) in [6.07, 6.45) is -0.208. The molecule has 102 heavy (non-hydrogen) atoms. The molecule has 0 aliphatic carbocycles. The number of hydrogen-bond donors (Lipinski definition) is 7. The number of amides is 12. The highest BCUT2D eigenvalue weighted by atomic mass is 16.3. The van der Waals surface area contributed by atoms with E-state index in [0.717, 1.165) is 21.1 Å². The van der Waals surface area contributed by atoms with Crippen LogP contribution in [0.4, 0.5) is 0 Å². The first-order valence-corrected chi connectivity index (χ1v) is 35.6. The first-order valence-electron chi connectivity index (χ1n) is 35.6. The summed E-state index contributed by atoms with van der Waals surface area (Å²) in [6.45, 7) is 13.8. The maximum atomic E-state index is 15.4. The number of aliphatic hydroxyl groups is 1. The van der Waals surface area contributed by atoms with Crippen LogP contribution < -0.4 is 31.9 Å². The van der Waals surface area contributed by atoms with Crippen molar-refractivity contribution in [2.45, 2.75) is 193 Å². The molecule has 7 N–H and O–H groups in total. The predicted octanol–water partition coefficient (Wildman–Crippen LogP) is 3.59. The normalized spacial score (nSPS) is 24.4. The van der Waals surface area contributed by atoms with Gasteiger partial charge in [0, 0.05) is 74.0 Å². The molecule has 2 aliphatic heterocycles. The fraction of sp³-hybridized carbons (Fsp3) is 0.532. The van der Waals surface area contributed by atoms with Crippen molar-refractivity contribution in [3.8, 4) is 0 Å². The summed E-state index contributed by atoms with van der Waals surface area (Å²) in [6, 6.07) is 21.4. The third kappa shape index (κ3) is 23.8. The van der Waals surface area contributed by atoms with E-state index < -0.39 is 150 Å². The molecular formula is C77H108N12O13. The lowest BCUT2D eigenvalue weighted by molar-refractivity contribution is -0.149. The van der Waals surface area contributed by atoms with Crippen LogP contribution >= 0.6 is 0 Å². The average molecular weight is 1410 g/mol. The van der Waals surface area contributed by atoms with Crippen LogP contribution in [0.3, 0.4) is 0 Å². The molecular weight excluding hydrogens is 1300 g/mol. The standard InChI is InChI=1S/C77H108N12O13/c1-48(2)39-57-69(94)83-67(52(8)90)77(102)87(12)61(40-49(3)4)70(95)81-58(42-53-29-19-14-20-30-53)73(98)84(9)47-66(92)85(10)62(44-55-33-23-16-24-34-55)71(96)82-60(75(100)89-37-27-18-28-38-89)46-65(91)78-51(7)68(93)80-59(43-54-31-21-15-22-32-54)74(99)88(13)64(41-50(5)6)76(101)86(11)63(72(97)79-57)45-56-35-25-17-26-36-56/h14-17,19-26,29-36,48-52,57-64,67,90H,18,27-28,37-47H2,1-13H3,(H,78,91)(H,79,97)(H,80,93)(H,81,95)(H,82,96)(H,83,94)/t51-,52-,57+,58+,59+,60+,61+,62+,63+,64+,67+/m1/s1. The highest BCUT2D eigenvalue weighted by Gasteiger charge is 2.43. The van der Waals surface area contributed by atoms with Crippen LogP contribution in [0, 0.1) is 17.8 Å². The highest BCUT2D eigenvalue weighted by molar-refractivity contribution is 6.00. The van der Waals surface area contributed by atoms with E-state index in [0.29, 0.717) is 48.2 Å². The molecule has 4 aromatic rings. The second-order valence-corrected chi connectivity index (χ2v) is 28.6. The second-order valence-electron chi connectivity index (χ2n) is 28.6. The van der Waals surface area contributed by atoms with Crippen molar-refractivity contribution >= 4 is 70.9 Å². The van der Waals surface area contributed by atoms with E-state index in [4.69, 9.17) is 0 Å². The third-order valence-electron chi connectivity index (χ3n) is 18.8. The minimum atomic E-state index is -1.70. The molecule has 0 radical (unpaired) electrons. The first kappa shape index (κ1) is 81.4. The molecule has 2 aliphatic rings. The molecule has 0 spiro atoms. The molecule has 6 rings (SSSR count). The van der Waals surface area contributed by atoms with E-state index in [1.165, 1.54) is 58.9 Å². The first-order chi connectivity index (χ1) is 48.3. The van der Waals surface area contributed by atoms with Gasteiger partial charge in [-0.25, -0.2) is 0 Å². The van der Waals surface area contributed by atoms with Gasteiger partial charge in [0.25, 0.3) is 0 Å². The third-order valence-corrected chi connectivity index (χ3v) is 18.8. The van der Waals surface area contributed by atoms with E-state index in [-0.39, 0.29) is 62.7 Å². The van der Waals surface area contributed by atoms with Crippen molar-refractivity contribution in [2.24, 2.45) is 17.8 Å². The second kappa shape index (κ2) is 39.1. The summed E-state index contributed by atoms with van der Waals surface area (Å²) >= 11 is 0. The Morgan fingerprint density at radius 1 is 0.422 bits per heavy atom. The van der Waals surface area contributed by atoms with E-state index in [1.54, 1.807) is 126 Å². The fourth-order valence-electron chi connectivity index (χ4n) is 12.9. The van der Waals surface area contributed by atoms with Gasteiger partial charge in [-0.05, 0) is 92.4 Å². The van der Waals surface area contributed by atoms with Gasteiger partial charge in [-0.2, -0.15) is 0 Å². The van der Waals surface area contributed by atoms with Crippen LogP contribution in [0.2, 0.25) is 0 Å². The van der Waals surface area contributed by atoms with Crippen molar-refractivity contribution in [3.63, 3.8) is 0 Å². The molecule has 2 fully saturated rings. The average Bonchev–Trinajstić information content (AvgIpc) is 0.881. The zero-order valence-corrected chi connectivity index (χ0v) is 61.6. The van der Waals surface area contributed by atoms with Gasteiger partial charge < -0.3 is 66.4 Å². The SMILES string of the molecule is CC(C)C[C@@H]1NC(=O)[C@H](Cc2ccccc2)N(C)C(=O)[C@H](CC(C)C)N(C)C(=O)[C@H](Cc2ccccc2)NC(=O)[C@@H](C)NC(=O)C[C@@H](C(=O)N2CCCCC2)NC(=O)[C@H](Cc2ccccc2)N(C)C(=O)CN(C)C(=O)[C@H](Cc2ccccc2)NC(=O)[C@H](CC(C)C)N(C)C(=O)[C@H]([C@@H](C)O)NC1=O. The monoisotopic (exact) mass is 1410 g/mol. The maximum Gasteiger partial charge on any atom is 0.248 e. The molecule has 25 heteroatoms. The Morgan fingerprint density at radius 2 is 0.824 bits per heavy atom. The molecule has 11 atom stereocenters. The number of piperidine rings is 1. The van der Waals surface area contributed by atoms with Crippen molar-refractivity contribution < 1.29 is 62.6 Å². The Balaban J connectivity index is 1.47. The highest BCUT2D eigenvalue weighted by Crippen LogP contribution is 2.22. The Hall–Kier alpha value is -9.52. The topological polar surface area (TPSA) is 317 Å². The number of carbonyl (C=O) groups is 12. The van der Waals surface area contributed by atoms with E-state index in [1.807, 2.05) is 41.5 Å². The minimum Gasteiger partial charge on any atom is -0.391 e. The zero-order chi connectivity index (χ0) is 75.1. The molecule has 0 saturated carbocycles. The van der Waals surface area contributed by atoms with Crippen molar-refractivity contribution in [1.82, 2.24) is 61.3 Å².